The molecule has 0 atom stereocenters. The van der Waals surface area contributed by atoms with Crippen molar-refractivity contribution in [1.82, 2.24) is 9.78 Å². The average Bonchev–Trinajstić information content (AvgIpc) is 2.91. The Morgan fingerprint density at radius 2 is 1.96 bits per heavy atom. The molecule has 24 heavy (non-hydrogen) atoms. The maximum Gasteiger partial charge on any atom is 0.435 e. The summed E-state index contributed by atoms with van der Waals surface area (Å²) in [6, 6.07) is 5.52. The van der Waals surface area contributed by atoms with E-state index in [-0.39, 0.29) is 23.7 Å². The number of alkyl halides is 3. The molecule has 0 amide bonds. The van der Waals surface area contributed by atoms with Crippen LogP contribution in [0.5, 0.6) is 0 Å². The Morgan fingerprint density at radius 3 is 2.46 bits per heavy atom. The SMILES string of the molecule is CCOC(=O)Cc1cc(C(F)(F)F)nn1-c1ccc([N+](=O)[O-])cc1. The Bertz CT molecular complexity index is 754. The fourth-order valence-corrected chi connectivity index (χ4v) is 1.98. The fourth-order valence-electron chi connectivity index (χ4n) is 1.98. The number of rotatable bonds is 5. The van der Waals surface area contributed by atoms with Gasteiger partial charge in [-0.05, 0) is 25.1 Å². The monoisotopic (exact) mass is 343 g/mol. The Hall–Kier alpha value is -2.91. The summed E-state index contributed by atoms with van der Waals surface area (Å²) in [7, 11) is 0. The smallest absolute Gasteiger partial charge is 0.435 e. The fraction of sp³-hybridized carbons (Fsp3) is 0.286. The van der Waals surface area contributed by atoms with Crippen molar-refractivity contribution < 1.29 is 27.6 Å². The minimum Gasteiger partial charge on any atom is -0.466 e. The van der Waals surface area contributed by atoms with Gasteiger partial charge in [-0.25, -0.2) is 4.68 Å². The van der Waals surface area contributed by atoms with Crippen molar-refractivity contribution in [3.8, 4) is 5.69 Å². The number of non-ortho nitro benzene ring substituents is 1. The van der Waals surface area contributed by atoms with E-state index < -0.39 is 29.2 Å². The van der Waals surface area contributed by atoms with Gasteiger partial charge in [0.1, 0.15) is 0 Å². The normalized spacial score (nSPS) is 11.3. The summed E-state index contributed by atoms with van der Waals surface area (Å²) in [5.74, 6) is -0.700. The van der Waals surface area contributed by atoms with Crippen LogP contribution in [0.4, 0.5) is 18.9 Å². The molecule has 1 heterocycles. The number of halogens is 3. The molecule has 2 aromatic rings. The highest BCUT2D eigenvalue weighted by molar-refractivity contribution is 5.72. The lowest BCUT2D eigenvalue weighted by Crippen LogP contribution is -2.12. The third-order valence-corrected chi connectivity index (χ3v) is 3.01. The van der Waals surface area contributed by atoms with Gasteiger partial charge in [-0.1, -0.05) is 0 Å². The molecule has 128 valence electrons. The lowest BCUT2D eigenvalue weighted by atomic mass is 10.2. The van der Waals surface area contributed by atoms with E-state index in [1.54, 1.807) is 6.92 Å². The van der Waals surface area contributed by atoms with E-state index in [4.69, 9.17) is 4.74 Å². The van der Waals surface area contributed by atoms with Gasteiger partial charge in [0.2, 0.25) is 0 Å². The van der Waals surface area contributed by atoms with Crippen molar-refractivity contribution in [2.45, 2.75) is 19.5 Å². The lowest BCUT2D eigenvalue weighted by Gasteiger charge is -2.07. The largest absolute Gasteiger partial charge is 0.466 e. The number of nitro groups is 1. The zero-order valence-electron chi connectivity index (χ0n) is 12.4. The summed E-state index contributed by atoms with van der Waals surface area (Å²) in [5, 5.41) is 14.1. The number of carbonyl (C=O) groups is 1. The van der Waals surface area contributed by atoms with Gasteiger partial charge in [-0.2, -0.15) is 18.3 Å². The summed E-state index contributed by atoms with van der Waals surface area (Å²) in [5.41, 5.74) is -1.25. The van der Waals surface area contributed by atoms with Crippen molar-refractivity contribution in [1.29, 1.82) is 0 Å². The molecule has 2 rings (SSSR count). The predicted octanol–water partition coefficient (Wildman–Crippen LogP) is 2.90. The van der Waals surface area contributed by atoms with E-state index in [2.05, 4.69) is 5.10 Å². The molecule has 7 nitrogen and oxygen atoms in total. The zero-order valence-corrected chi connectivity index (χ0v) is 12.4. The van der Waals surface area contributed by atoms with E-state index in [9.17, 15) is 28.1 Å². The number of nitro benzene ring substituents is 1. The molecule has 0 radical (unpaired) electrons. The summed E-state index contributed by atoms with van der Waals surface area (Å²) >= 11 is 0. The van der Waals surface area contributed by atoms with E-state index >= 15 is 0 Å². The van der Waals surface area contributed by atoms with Crippen molar-refractivity contribution in [3.05, 3.63) is 51.8 Å². The topological polar surface area (TPSA) is 87.3 Å². The number of carbonyl (C=O) groups excluding carboxylic acids is 1. The maximum absolute atomic E-state index is 12.9. The van der Waals surface area contributed by atoms with Crippen LogP contribution in [0.15, 0.2) is 30.3 Å². The highest BCUT2D eigenvalue weighted by atomic mass is 19.4. The third-order valence-electron chi connectivity index (χ3n) is 3.01. The first-order chi connectivity index (χ1) is 11.2. The van der Waals surface area contributed by atoms with Crippen LogP contribution in [0.2, 0.25) is 0 Å². The number of esters is 1. The van der Waals surface area contributed by atoms with Crippen molar-refractivity contribution >= 4 is 11.7 Å². The van der Waals surface area contributed by atoms with Crippen molar-refractivity contribution in [2.24, 2.45) is 0 Å². The number of hydrogen-bond donors (Lipinski definition) is 0. The number of aromatic nitrogens is 2. The molecule has 0 N–H and O–H groups in total. The summed E-state index contributed by atoms with van der Waals surface area (Å²) in [6.45, 7) is 1.67. The summed E-state index contributed by atoms with van der Waals surface area (Å²) in [4.78, 5) is 21.6. The first kappa shape index (κ1) is 17.4. The molecule has 0 fully saturated rings. The first-order valence-electron chi connectivity index (χ1n) is 6.79. The molecule has 0 spiro atoms. The van der Waals surface area contributed by atoms with E-state index in [0.29, 0.717) is 0 Å². The Balaban J connectivity index is 2.44. The first-order valence-corrected chi connectivity index (χ1v) is 6.79. The molecule has 0 aliphatic carbocycles. The summed E-state index contributed by atoms with van der Waals surface area (Å²) < 4.78 is 44.3. The third kappa shape index (κ3) is 3.89. The van der Waals surface area contributed by atoms with Gasteiger partial charge in [-0.3, -0.25) is 14.9 Å². The van der Waals surface area contributed by atoms with Crippen LogP contribution < -0.4 is 0 Å². The van der Waals surface area contributed by atoms with Gasteiger partial charge in [0.25, 0.3) is 5.69 Å². The van der Waals surface area contributed by atoms with Crippen LogP contribution in [0.25, 0.3) is 5.69 Å². The zero-order chi connectivity index (χ0) is 17.9. The number of ether oxygens (including phenoxy) is 1. The van der Waals surface area contributed by atoms with Crippen molar-refractivity contribution in [2.75, 3.05) is 6.61 Å². The molecule has 0 saturated carbocycles. The second-order valence-electron chi connectivity index (χ2n) is 4.69. The average molecular weight is 343 g/mol. The summed E-state index contributed by atoms with van der Waals surface area (Å²) in [6.07, 6.45) is -5.09. The molecule has 0 bridgehead atoms. The minimum absolute atomic E-state index is 0.0328. The van der Waals surface area contributed by atoms with Crippen LogP contribution in [0.3, 0.4) is 0 Å². The van der Waals surface area contributed by atoms with Gasteiger partial charge in [-0.15, -0.1) is 0 Å². The second-order valence-corrected chi connectivity index (χ2v) is 4.69. The van der Waals surface area contributed by atoms with Crippen LogP contribution in [-0.2, 0) is 22.1 Å². The predicted molar refractivity (Wildman–Crippen MR) is 75.6 cm³/mol. The molecule has 1 aromatic heterocycles. The molecular formula is C14H12F3N3O4. The van der Waals surface area contributed by atoms with Crippen LogP contribution in [0.1, 0.15) is 18.3 Å². The Kier molecular flexibility index (Phi) is 4.86. The molecule has 0 unspecified atom stereocenters. The van der Waals surface area contributed by atoms with E-state index in [1.807, 2.05) is 0 Å². The van der Waals surface area contributed by atoms with Crippen LogP contribution in [-0.4, -0.2) is 27.3 Å². The van der Waals surface area contributed by atoms with Crippen molar-refractivity contribution in [3.63, 3.8) is 0 Å². The van der Waals surface area contributed by atoms with Gasteiger partial charge in [0, 0.05) is 12.1 Å². The van der Waals surface area contributed by atoms with Gasteiger partial charge in [0.15, 0.2) is 5.69 Å². The quantitative estimate of drug-likeness (QED) is 0.473. The highest BCUT2D eigenvalue weighted by Crippen LogP contribution is 2.30. The maximum atomic E-state index is 12.9. The minimum atomic E-state index is -4.69. The number of hydrogen-bond acceptors (Lipinski definition) is 5. The molecule has 10 heteroatoms. The number of benzene rings is 1. The molecule has 0 aliphatic heterocycles. The second kappa shape index (κ2) is 6.69. The lowest BCUT2D eigenvalue weighted by molar-refractivity contribution is -0.384. The Labute approximate surface area is 133 Å². The molecule has 1 aromatic carbocycles. The Morgan fingerprint density at radius 1 is 1.33 bits per heavy atom. The number of nitrogens with zero attached hydrogens (tertiary/aromatic N) is 3. The van der Waals surface area contributed by atoms with Gasteiger partial charge in [0.05, 0.1) is 29.3 Å². The van der Waals surface area contributed by atoms with Gasteiger partial charge < -0.3 is 4.74 Å². The highest BCUT2D eigenvalue weighted by Gasteiger charge is 2.35. The molecule has 0 aliphatic rings. The standard InChI is InChI=1S/C14H12F3N3O4/c1-2-24-13(21)8-11-7-12(14(15,16)17)18-19(11)9-3-5-10(6-4-9)20(22)23/h3-7H,2,8H2,1H3. The van der Waals surface area contributed by atoms with Gasteiger partial charge >= 0.3 is 12.1 Å². The molecular weight excluding hydrogens is 331 g/mol. The van der Waals surface area contributed by atoms with E-state index in [0.717, 1.165) is 22.9 Å². The van der Waals surface area contributed by atoms with Crippen LogP contribution in [0, 0.1) is 10.1 Å². The van der Waals surface area contributed by atoms with Crippen LogP contribution >= 0.6 is 0 Å². The van der Waals surface area contributed by atoms with E-state index in [1.165, 1.54) is 12.1 Å². The molecule has 0 saturated heterocycles.